The molecular formula is C76H137N3O33. The predicted octanol–water partition coefficient (Wildman–Crippen LogP) is -2.42. The van der Waals surface area contributed by atoms with E-state index in [0.29, 0.717) is 12.8 Å². The number of rotatable bonds is 52. The molecule has 0 aromatic carbocycles. The first kappa shape index (κ1) is 97.8. The molecule has 6 aliphatic rings. The molecule has 0 aromatic heterocycles. The molecule has 36 nitrogen and oxygen atoms in total. The average Bonchev–Trinajstić information content (AvgIpc) is 0.777. The second-order valence-electron chi connectivity index (χ2n) is 30.7. The van der Waals surface area contributed by atoms with Crippen molar-refractivity contribution in [2.45, 2.75) is 404 Å². The molecule has 6 fully saturated rings. The molecule has 0 aliphatic carbocycles. The lowest BCUT2D eigenvalue weighted by Gasteiger charge is -2.49. The van der Waals surface area contributed by atoms with Gasteiger partial charge in [0.05, 0.1) is 58.4 Å². The van der Waals surface area contributed by atoms with Crippen LogP contribution in [0.15, 0.2) is 12.2 Å². The summed E-state index contributed by atoms with van der Waals surface area (Å²) in [7, 11) is 0. The Labute approximate surface area is 656 Å². The van der Waals surface area contributed by atoms with E-state index in [0.717, 1.165) is 65.2 Å². The van der Waals surface area contributed by atoms with Gasteiger partial charge in [0.15, 0.2) is 37.7 Å². The van der Waals surface area contributed by atoms with E-state index in [4.69, 9.17) is 56.8 Å². The fraction of sp³-hybridized carbons (Fsp3) is 0.934. The van der Waals surface area contributed by atoms with Crippen LogP contribution in [-0.2, 0) is 71.2 Å². The van der Waals surface area contributed by atoms with Crippen LogP contribution < -0.4 is 16.0 Å². The monoisotopic (exact) mass is 1620 g/mol. The molecule has 6 saturated heterocycles. The van der Waals surface area contributed by atoms with Gasteiger partial charge in [-0.25, -0.2) is 0 Å². The van der Waals surface area contributed by atoms with E-state index in [9.17, 15) is 106 Å². The first-order chi connectivity index (χ1) is 53.8. The smallest absolute Gasteiger partial charge is 0.220 e. The molecule has 12 unspecified atom stereocenters. The second-order valence-corrected chi connectivity index (χ2v) is 30.7. The summed E-state index contributed by atoms with van der Waals surface area (Å²) in [5.74, 6) is -1.92. The number of carbonyl (C=O) groups excluding carboxylic acids is 3. The summed E-state index contributed by atoms with van der Waals surface area (Å²) in [6.45, 7) is 0.307. The minimum atomic E-state index is -2.25. The topological polar surface area (TPSA) is 562 Å². The number of nitrogens with one attached hydrogen (secondary N) is 3. The highest BCUT2D eigenvalue weighted by molar-refractivity contribution is 5.76. The molecule has 654 valence electrons. The summed E-state index contributed by atoms with van der Waals surface area (Å²) in [6.07, 6.45) is -20.8. The molecule has 36 heteroatoms. The Hall–Kier alpha value is -3.05. The van der Waals surface area contributed by atoms with E-state index in [2.05, 4.69) is 29.8 Å². The first-order valence-corrected chi connectivity index (χ1v) is 41.0. The normalized spacial score (nSPS) is 37.2. The summed E-state index contributed by atoms with van der Waals surface area (Å²) < 4.78 is 71.0. The average molecular weight is 1620 g/mol. The van der Waals surface area contributed by atoms with Crippen molar-refractivity contribution in [1.82, 2.24) is 16.0 Å². The van der Waals surface area contributed by atoms with E-state index in [1.165, 1.54) is 109 Å². The number of ether oxygens (including phenoxy) is 12. The van der Waals surface area contributed by atoms with Gasteiger partial charge in [-0.1, -0.05) is 180 Å². The Morgan fingerprint density at radius 3 is 1.19 bits per heavy atom. The van der Waals surface area contributed by atoms with Gasteiger partial charge < -0.3 is 165 Å². The van der Waals surface area contributed by atoms with Crippen LogP contribution in [-0.4, -0.2) is 352 Å². The number of hydrogen-bond donors (Lipinski definition) is 21. The molecule has 0 bridgehead atoms. The molecule has 0 aromatic rings. The molecule has 0 saturated carbocycles. The van der Waals surface area contributed by atoms with Gasteiger partial charge in [0.1, 0.15) is 146 Å². The van der Waals surface area contributed by atoms with Crippen molar-refractivity contribution in [3.8, 4) is 0 Å². The molecule has 6 rings (SSSR count). The number of amides is 3. The van der Waals surface area contributed by atoms with Gasteiger partial charge in [-0.15, -0.1) is 0 Å². The van der Waals surface area contributed by atoms with Gasteiger partial charge in [0.25, 0.3) is 0 Å². The third-order valence-electron chi connectivity index (χ3n) is 21.7. The largest absolute Gasteiger partial charge is 0.394 e. The van der Waals surface area contributed by atoms with E-state index >= 15 is 0 Å². The van der Waals surface area contributed by atoms with E-state index < -0.39 is 254 Å². The summed E-state index contributed by atoms with van der Waals surface area (Å²) in [5, 5.41) is 208. The number of hydrogen-bond acceptors (Lipinski definition) is 33. The van der Waals surface area contributed by atoms with Crippen LogP contribution in [0.4, 0.5) is 0 Å². The molecule has 112 heavy (non-hydrogen) atoms. The van der Waals surface area contributed by atoms with E-state index in [1.807, 2.05) is 6.08 Å². The zero-order chi connectivity index (χ0) is 82.0. The van der Waals surface area contributed by atoms with Crippen LogP contribution >= 0.6 is 0 Å². The third-order valence-corrected chi connectivity index (χ3v) is 21.7. The maximum Gasteiger partial charge on any atom is 0.220 e. The number of allylic oxidation sites excluding steroid dienone is 1. The summed E-state index contributed by atoms with van der Waals surface area (Å²) in [5.41, 5.74) is 0. The summed E-state index contributed by atoms with van der Waals surface area (Å²) in [4.78, 5) is 38.6. The van der Waals surface area contributed by atoms with Crippen molar-refractivity contribution >= 4 is 17.7 Å². The molecule has 0 spiro atoms. The number of aliphatic hydroxyl groups excluding tert-OH is 18. The van der Waals surface area contributed by atoms with E-state index in [-0.39, 0.29) is 12.3 Å². The van der Waals surface area contributed by atoms with E-state index in [1.54, 1.807) is 6.08 Å². The van der Waals surface area contributed by atoms with Crippen molar-refractivity contribution in [2.24, 2.45) is 0 Å². The van der Waals surface area contributed by atoms with Crippen LogP contribution in [0.2, 0.25) is 0 Å². The van der Waals surface area contributed by atoms with Gasteiger partial charge in [-0.3, -0.25) is 14.4 Å². The Kier molecular flexibility index (Phi) is 45.5. The zero-order valence-corrected chi connectivity index (χ0v) is 65.6. The maximum atomic E-state index is 13.6. The fourth-order valence-electron chi connectivity index (χ4n) is 15.0. The lowest BCUT2D eigenvalue weighted by atomic mass is 9.94. The third kappa shape index (κ3) is 29.7. The molecule has 6 heterocycles. The highest BCUT2D eigenvalue weighted by Gasteiger charge is 2.58. The van der Waals surface area contributed by atoms with Crippen molar-refractivity contribution in [2.75, 3.05) is 46.2 Å². The predicted molar refractivity (Wildman–Crippen MR) is 394 cm³/mol. The van der Waals surface area contributed by atoms with Gasteiger partial charge in [0, 0.05) is 20.3 Å². The Bertz CT molecular complexity index is 2600. The lowest BCUT2D eigenvalue weighted by molar-refractivity contribution is -0.385. The van der Waals surface area contributed by atoms with Crippen LogP contribution in [0, 0.1) is 0 Å². The van der Waals surface area contributed by atoms with Gasteiger partial charge in [-0.2, -0.15) is 0 Å². The van der Waals surface area contributed by atoms with Crippen molar-refractivity contribution in [3.63, 3.8) is 0 Å². The number of carbonyl (C=O) groups is 3. The standard InChI is InChI=1S/C76H137N3O33/c1-5-7-9-11-13-15-17-19-20-22-24-26-28-30-32-34-52(88)79-44(45(87)33-31-29-27-25-23-21-18-16-14-12-10-8-6-2)40-101-73-64(98)61(95)69(49(38-83)106-73)111-76-66(100)70(112-74-63(97)60(94)56(90)47(36-81)104-74)57(91)51(108-76)41-102-71-54(78-43(4)86)59(93)67(48(37-82)105-71)110-75-65(99)62(96)68(50(39-84)107-75)109-72-53(77-42(3)85)58(92)55(89)46(35-80)103-72/h31,33,44-51,53-76,80-84,87,89-100H,5-30,32,34-41H2,1-4H3,(H,77,85)(H,78,86)(H,79,88)/b33-31+/t44-,45+,46?,47?,48?,49?,50?,51?,53?,54?,55-,56-,57-,58+,59+,60-,61+,62+,63?,64?,65?,66?,67+,68-,69+,70-,71+,72-,73+,74+,75-,76-/m0/s1. The van der Waals surface area contributed by atoms with Crippen LogP contribution in [0.25, 0.3) is 0 Å². The fourth-order valence-corrected chi connectivity index (χ4v) is 15.0. The molecule has 0 radical (unpaired) electrons. The highest BCUT2D eigenvalue weighted by Crippen LogP contribution is 2.37. The zero-order valence-electron chi connectivity index (χ0n) is 65.6. The van der Waals surface area contributed by atoms with Gasteiger partial charge in [-0.05, 0) is 19.3 Å². The SMILES string of the molecule is CCCCCCCCCCCCC/C=C/[C@@H](O)[C@H](CO[C@@H]1OC(CO)[C@@H](O[C@@H]2OC(CO[C@@H]3OC(CO)[C@@H](O[C@@H]4OC(CO)[C@H](O[C@@H]5OC(CO)[C@H](O)[C@H](O)C5NC(C)=O)[C@H](O)C4O)[C@H](O)C3NC(C)=O)[C@H](O)[C@H](O[C@H]3OC(CO)[C@H](O)[C@H](O)C3O)C2O)[C@H](O)C1O)NC(=O)CCCCCCCCCCCCCCCCC. The minimum absolute atomic E-state index is 0.157. The van der Waals surface area contributed by atoms with Crippen LogP contribution in [0.3, 0.4) is 0 Å². The van der Waals surface area contributed by atoms with Crippen molar-refractivity contribution in [1.29, 1.82) is 0 Å². The number of aliphatic hydroxyl groups is 18. The van der Waals surface area contributed by atoms with Gasteiger partial charge in [0.2, 0.25) is 17.7 Å². The Morgan fingerprint density at radius 2 is 0.714 bits per heavy atom. The van der Waals surface area contributed by atoms with Crippen molar-refractivity contribution in [3.05, 3.63) is 12.2 Å². The number of unbranched alkanes of at least 4 members (excludes halogenated alkanes) is 25. The first-order valence-electron chi connectivity index (χ1n) is 41.0. The minimum Gasteiger partial charge on any atom is -0.394 e. The molecule has 6 aliphatic heterocycles. The maximum absolute atomic E-state index is 13.6. The molecule has 32 atom stereocenters. The quantitative estimate of drug-likeness (QED) is 0.0222. The lowest BCUT2D eigenvalue weighted by Crippen LogP contribution is -2.69. The Morgan fingerprint density at radius 1 is 0.357 bits per heavy atom. The van der Waals surface area contributed by atoms with Crippen LogP contribution in [0.5, 0.6) is 0 Å². The highest BCUT2D eigenvalue weighted by atomic mass is 16.8. The molecule has 21 N–H and O–H groups in total. The van der Waals surface area contributed by atoms with Crippen LogP contribution in [0.1, 0.15) is 207 Å². The van der Waals surface area contributed by atoms with Gasteiger partial charge >= 0.3 is 0 Å². The molecule has 3 amide bonds. The Balaban J connectivity index is 1.13. The summed E-state index contributed by atoms with van der Waals surface area (Å²) in [6, 6.07) is -4.39. The molecular weight excluding hydrogens is 1480 g/mol. The summed E-state index contributed by atoms with van der Waals surface area (Å²) >= 11 is 0. The van der Waals surface area contributed by atoms with Crippen molar-refractivity contribution < 1.29 is 163 Å². The second kappa shape index (κ2) is 52.1.